The third kappa shape index (κ3) is 6.87. The number of carboxylic acid groups (broad SMARTS) is 1. The first kappa shape index (κ1) is 16.4. The van der Waals surface area contributed by atoms with Crippen LogP contribution >= 0.6 is 0 Å². The molecular formula is C11H20N2O5. The number of carbonyl (C=O) groups is 2. The number of carbonyl (C=O) groups excluding carboxylic acids is 1. The minimum absolute atomic E-state index is 0.138. The molecule has 0 heterocycles. The van der Waals surface area contributed by atoms with E-state index in [1.54, 1.807) is 0 Å². The smallest absolute Gasteiger partial charge is 0.317 e. The zero-order chi connectivity index (χ0) is 14.2. The molecule has 0 aromatic heterocycles. The van der Waals surface area contributed by atoms with Crippen LogP contribution in [0.4, 0.5) is 4.79 Å². The van der Waals surface area contributed by atoms with Crippen LogP contribution in [0, 0.1) is 0 Å². The van der Waals surface area contributed by atoms with Gasteiger partial charge in [0.05, 0.1) is 18.6 Å². The summed E-state index contributed by atoms with van der Waals surface area (Å²) in [6.45, 7) is 4.83. The van der Waals surface area contributed by atoms with Crippen LogP contribution in [-0.2, 0) is 4.79 Å². The maximum absolute atomic E-state index is 11.7. The van der Waals surface area contributed by atoms with E-state index in [-0.39, 0.29) is 26.2 Å². The third-order valence-corrected chi connectivity index (χ3v) is 2.16. The summed E-state index contributed by atoms with van der Waals surface area (Å²) in [7, 11) is 0. The topological polar surface area (TPSA) is 110 Å². The molecule has 0 saturated heterocycles. The first-order valence-electron chi connectivity index (χ1n) is 5.51. The molecule has 2 amide bonds. The van der Waals surface area contributed by atoms with Crippen molar-refractivity contribution in [2.24, 2.45) is 0 Å². The Hall–Kier alpha value is -1.60. The van der Waals surface area contributed by atoms with Crippen LogP contribution in [0.5, 0.6) is 0 Å². The summed E-state index contributed by atoms with van der Waals surface area (Å²) in [5.41, 5.74) is -1.51. The van der Waals surface area contributed by atoms with Crippen LogP contribution in [0.3, 0.4) is 0 Å². The number of hydrogen-bond donors (Lipinski definition) is 4. The summed E-state index contributed by atoms with van der Waals surface area (Å²) < 4.78 is 0. The van der Waals surface area contributed by atoms with Crippen molar-refractivity contribution in [3.05, 3.63) is 12.7 Å². The number of hydrogen-bond acceptors (Lipinski definition) is 4. The molecule has 0 aliphatic rings. The van der Waals surface area contributed by atoms with Crippen molar-refractivity contribution in [1.29, 1.82) is 0 Å². The highest BCUT2D eigenvalue weighted by atomic mass is 16.4. The van der Waals surface area contributed by atoms with E-state index in [1.807, 2.05) is 0 Å². The van der Waals surface area contributed by atoms with Crippen LogP contribution in [0.2, 0.25) is 0 Å². The average Bonchev–Trinajstić information content (AvgIpc) is 2.24. The maximum Gasteiger partial charge on any atom is 0.317 e. The molecule has 0 aliphatic heterocycles. The van der Waals surface area contributed by atoms with Crippen molar-refractivity contribution in [3.8, 4) is 0 Å². The van der Waals surface area contributed by atoms with Crippen LogP contribution in [-0.4, -0.2) is 64.1 Å². The highest BCUT2D eigenvalue weighted by Gasteiger charge is 2.25. The Labute approximate surface area is 106 Å². The number of rotatable bonds is 8. The van der Waals surface area contributed by atoms with Gasteiger partial charge < -0.3 is 25.5 Å². The van der Waals surface area contributed by atoms with Gasteiger partial charge in [-0.25, -0.2) is 4.79 Å². The molecule has 0 bridgehead atoms. The van der Waals surface area contributed by atoms with Gasteiger partial charge in [-0.05, 0) is 6.92 Å². The molecule has 1 unspecified atom stereocenters. The molecule has 0 rings (SSSR count). The lowest BCUT2D eigenvalue weighted by atomic mass is 10.0. The monoisotopic (exact) mass is 260 g/mol. The van der Waals surface area contributed by atoms with E-state index in [0.717, 1.165) is 0 Å². The predicted molar refractivity (Wildman–Crippen MR) is 65.1 cm³/mol. The van der Waals surface area contributed by atoms with Crippen molar-refractivity contribution in [2.75, 3.05) is 26.2 Å². The minimum Gasteiger partial charge on any atom is -0.481 e. The maximum atomic E-state index is 11.7. The van der Waals surface area contributed by atoms with Crippen molar-refractivity contribution in [3.63, 3.8) is 0 Å². The van der Waals surface area contributed by atoms with Crippen LogP contribution in [0.15, 0.2) is 12.7 Å². The predicted octanol–water partition coefficient (Wildman–Crippen LogP) is -0.598. The van der Waals surface area contributed by atoms with Gasteiger partial charge in [-0.2, -0.15) is 0 Å². The van der Waals surface area contributed by atoms with Crippen LogP contribution < -0.4 is 5.32 Å². The number of nitrogens with one attached hydrogen (secondary N) is 1. The number of carboxylic acids is 1. The molecule has 18 heavy (non-hydrogen) atoms. The summed E-state index contributed by atoms with van der Waals surface area (Å²) in [6, 6.07) is -0.491. The molecule has 7 nitrogen and oxygen atoms in total. The molecule has 104 valence electrons. The standard InChI is InChI=1S/C11H20N2O5/c1-3-4-13(5-6-14)10(17)12-8-11(2,18)7-9(15)16/h3,14,18H,1,4-8H2,2H3,(H,12,17)(H,15,16). The zero-order valence-corrected chi connectivity index (χ0v) is 10.4. The fraction of sp³-hybridized carbons (Fsp3) is 0.636. The summed E-state index contributed by atoms with van der Waals surface area (Å²) in [6.07, 6.45) is 1.04. The molecule has 0 radical (unpaired) electrons. The van der Waals surface area contributed by atoms with Gasteiger partial charge in [0.15, 0.2) is 0 Å². The average molecular weight is 260 g/mol. The van der Waals surface area contributed by atoms with E-state index in [0.29, 0.717) is 0 Å². The summed E-state index contributed by atoms with van der Waals surface area (Å²) in [5, 5.41) is 29.4. The fourth-order valence-electron chi connectivity index (χ4n) is 1.32. The lowest BCUT2D eigenvalue weighted by Gasteiger charge is -2.25. The molecule has 0 aliphatic carbocycles. The molecule has 0 spiro atoms. The first-order chi connectivity index (χ1) is 8.32. The van der Waals surface area contributed by atoms with E-state index >= 15 is 0 Å². The lowest BCUT2D eigenvalue weighted by molar-refractivity contribution is -0.141. The number of aliphatic hydroxyl groups excluding tert-OH is 1. The van der Waals surface area contributed by atoms with Gasteiger partial charge in [0.25, 0.3) is 0 Å². The second-order valence-electron chi connectivity index (χ2n) is 4.18. The number of urea groups is 1. The van der Waals surface area contributed by atoms with Crippen molar-refractivity contribution in [2.45, 2.75) is 18.9 Å². The Morgan fingerprint density at radius 2 is 2.11 bits per heavy atom. The van der Waals surface area contributed by atoms with Crippen molar-refractivity contribution < 1.29 is 24.9 Å². The van der Waals surface area contributed by atoms with Gasteiger partial charge in [0.1, 0.15) is 0 Å². The highest BCUT2D eigenvalue weighted by molar-refractivity contribution is 5.74. The molecule has 7 heteroatoms. The Bertz CT molecular complexity index is 304. The van der Waals surface area contributed by atoms with Gasteiger partial charge in [-0.3, -0.25) is 4.79 Å². The number of amides is 2. The van der Waals surface area contributed by atoms with E-state index in [1.165, 1.54) is 17.9 Å². The second kappa shape index (κ2) is 7.67. The first-order valence-corrected chi connectivity index (χ1v) is 5.51. The Kier molecular flexibility index (Phi) is 6.99. The molecule has 0 aromatic rings. The van der Waals surface area contributed by atoms with Crippen molar-refractivity contribution in [1.82, 2.24) is 10.2 Å². The lowest BCUT2D eigenvalue weighted by Crippen LogP contribution is -2.48. The van der Waals surface area contributed by atoms with E-state index in [2.05, 4.69) is 11.9 Å². The van der Waals surface area contributed by atoms with Crippen molar-refractivity contribution >= 4 is 12.0 Å². The quantitative estimate of drug-likeness (QED) is 0.436. The molecule has 4 N–H and O–H groups in total. The number of aliphatic hydroxyl groups is 2. The van der Waals surface area contributed by atoms with Crippen LogP contribution in [0.25, 0.3) is 0 Å². The largest absolute Gasteiger partial charge is 0.481 e. The Balaban J connectivity index is 4.28. The van der Waals surface area contributed by atoms with Gasteiger partial charge in [-0.15, -0.1) is 6.58 Å². The zero-order valence-electron chi connectivity index (χ0n) is 10.4. The fourth-order valence-corrected chi connectivity index (χ4v) is 1.32. The van der Waals surface area contributed by atoms with Gasteiger partial charge in [0.2, 0.25) is 0 Å². The number of nitrogens with zero attached hydrogens (tertiary/aromatic N) is 1. The Morgan fingerprint density at radius 1 is 1.50 bits per heavy atom. The summed E-state index contributed by atoms with van der Waals surface area (Å²) >= 11 is 0. The molecule has 1 atom stereocenters. The van der Waals surface area contributed by atoms with E-state index < -0.39 is 24.0 Å². The SMILES string of the molecule is C=CCN(CCO)C(=O)NCC(C)(O)CC(=O)O. The van der Waals surface area contributed by atoms with Crippen LogP contribution in [0.1, 0.15) is 13.3 Å². The van der Waals surface area contributed by atoms with E-state index in [9.17, 15) is 14.7 Å². The Morgan fingerprint density at radius 3 is 2.56 bits per heavy atom. The van der Waals surface area contributed by atoms with Gasteiger partial charge >= 0.3 is 12.0 Å². The normalized spacial score (nSPS) is 13.5. The van der Waals surface area contributed by atoms with Gasteiger partial charge in [0, 0.05) is 19.6 Å². The molecular weight excluding hydrogens is 240 g/mol. The summed E-state index contributed by atoms with van der Waals surface area (Å²) in [4.78, 5) is 23.4. The molecule has 0 aromatic carbocycles. The summed E-state index contributed by atoms with van der Waals surface area (Å²) in [5.74, 6) is -1.15. The number of aliphatic carboxylic acids is 1. The molecule has 0 fully saturated rings. The second-order valence-corrected chi connectivity index (χ2v) is 4.18. The third-order valence-electron chi connectivity index (χ3n) is 2.16. The highest BCUT2D eigenvalue weighted by Crippen LogP contribution is 2.07. The van der Waals surface area contributed by atoms with Gasteiger partial charge in [-0.1, -0.05) is 6.08 Å². The molecule has 0 saturated carbocycles. The minimum atomic E-state index is -1.51. The van der Waals surface area contributed by atoms with E-state index in [4.69, 9.17) is 10.2 Å².